The first-order valence-corrected chi connectivity index (χ1v) is 38.4. The number of ether oxygens (including phenoxy) is 7. The average Bonchev–Trinajstić information content (AvgIpc) is 1.17. The summed E-state index contributed by atoms with van der Waals surface area (Å²) in [6.07, 6.45) is -3.79. The van der Waals surface area contributed by atoms with Crippen molar-refractivity contribution in [1.82, 2.24) is 0 Å². The van der Waals surface area contributed by atoms with Crippen LogP contribution in [0.5, 0.6) is 0 Å². The smallest absolute Gasteiger partial charge is 0.336 e. The Labute approximate surface area is 702 Å². The Hall–Kier alpha value is -6.24. The highest BCUT2D eigenvalue weighted by atomic mass is 127. The molecule has 8 aromatic rings. The molecule has 0 bridgehead atoms. The van der Waals surface area contributed by atoms with Gasteiger partial charge in [-0.3, -0.25) is 14.4 Å². The molecule has 2 aliphatic heterocycles. The Balaban J connectivity index is 0.000000259. The number of carbonyl (C=O) groups excluding carboxylic acids is 3. The van der Waals surface area contributed by atoms with Crippen LogP contribution in [-0.4, -0.2) is 169 Å². The molecule has 2 fully saturated rings. The zero-order valence-corrected chi connectivity index (χ0v) is 70.0. The number of halogens is 16. The van der Waals surface area contributed by atoms with Crippen molar-refractivity contribution in [1.29, 1.82) is 0 Å². The molecule has 0 radical (unpaired) electrons. The lowest BCUT2D eigenvalue weighted by atomic mass is 9.96. The molecule has 2 saturated heterocycles. The fraction of sp³-hybridized carbons (Fsp3) is 0.342. The Morgan fingerprint density at radius 2 is 0.693 bits per heavy atom. The second-order valence-corrected chi connectivity index (χ2v) is 30.5. The largest absolute Gasteiger partial charge is 0.478 e. The summed E-state index contributed by atoms with van der Waals surface area (Å²) < 4.78 is 207. The molecule has 0 saturated carbocycles. The minimum Gasteiger partial charge on any atom is -0.478 e. The van der Waals surface area contributed by atoms with Gasteiger partial charge in [-0.25, -0.2) is 63.4 Å². The van der Waals surface area contributed by atoms with Gasteiger partial charge in [0.15, 0.2) is 75.5 Å². The summed E-state index contributed by atoms with van der Waals surface area (Å²) >= 11 is 7.71. The van der Waals surface area contributed by atoms with Crippen molar-refractivity contribution >= 4 is 114 Å². The van der Waals surface area contributed by atoms with Crippen molar-refractivity contribution in [2.24, 2.45) is 5.90 Å². The predicted molar refractivity (Wildman–Crippen MR) is 424 cm³/mol. The van der Waals surface area contributed by atoms with Gasteiger partial charge in [0.2, 0.25) is 0 Å². The molecule has 10 rings (SSSR count). The van der Waals surface area contributed by atoms with Gasteiger partial charge in [-0.1, -0.05) is 24.3 Å². The third-order valence-electron chi connectivity index (χ3n) is 15.9. The zero-order valence-electron chi connectivity index (χ0n) is 61.4. The topological polar surface area (TPSA) is 290 Å². The third kappa shape index (κ3) is 31.2. The van der Waals surface area contributed by atoms with Crippen molar-refractivity contribution in [3.63, 3.8) is 0 Å². The van der Waals surface area contributed by atoms with Gasteiger partial charge in [0, 0.05) is 85.5 Å². The average molecular weight is 2070 g/mol. The number of carboxylic acids is 1. The summed E-state index contributed by atoms with van der Waals surface area (Å²) in [5, 5.41) is 52.3. The number of rotatable bonds is 28. The number of aromatic carboxylic acids is 1. The maximum atomic E-state index is 14.4. The zero-order chi connectivity index (χ0) is 84.9. The van der Waals surface area contributed by atoms with Gasteiger partial charge in [-0.15, -0.1) is 0 Å². The fourth-order valence-corrected chi connectivity index (χ4v) is 12.3. The van der Waals surface area contributed by atoms with E-state index in [2.05, 4.69) is 4.84 Å². The van der Waals surface area contributed by atoms with Gasteiger partial charge in [0.05, 0.1) is 58.4 Å². The van der Waals surface area contributed by atoms with E-state index in [-0.39, 0.29) is 138 Å². The van der Waals surface area contributed by atoms with E-state index in [0.717, 1.165) is 42.5 Å². The van der Waals surface area contributed by atoms with E-state index < -0.39 is 143 Å². The lowest BCUT2D eigenvalue weighted by molar-refractivity contribution is -0.145. The van der Waals surface area contributed by atoms with Crippen molar-refractivity contribution in [3.8, 4) is 0 Å². The van der Waals surface area contributed by atoms with Crippen LogP contribution in [0.25, 0.3) is 0 Å². The lowest BCUT2D eigenvalue weighted by Gasteiger charge is -2.17. The molecule has 620 valence electrons. The van der Waals surface area contributed by atoms with E-state index in [9.17, 15) is 82.1 Å². The van der Waals surface area contributed by atoms with Gasteiger partial charge >= 0.3 is 5.97 Å². The molecular formula is C79H79F12I4NO18. The number of carboxylic acid groups (broad SMARTS) is 1. The minimum absolute atomic E-state index is 0.0139. The van der Waals surface area contributed by atoms with Crippen LogP contribution in [0.4, 0.5) is 52.7 Å². The SMILES string of the molecule is CC1(C)OC[C@H](COCC(=O)c2ccc(F)c(F)c2Cc2ccc(I)cc2F)O1.CC1(C)OC[C@H](CON)O1.CCO.O=C(COC[C@H](O)CO)c1ccc(F)c(F)c1Cc1ccc(I)cc1F.O=C(COC[C@H](O)CO)c1ccc(F)c(F)c1Cc1ccc(I)cc1F.O=C(O)c1ccc(F)c(F)c1Cc1ccc(I)cc1F. The van der Waals surface area contributed by atoms with Gasteiger partial charge in [-0.2, -0.15) is 0 Å². The Morgan fingerprint density at radius 3 is 0.939 bits per heavy atom. The quantitative estimate of drug-likeness (QED) is 0.0104. The van der Waals surface area contributed by atoms with Gasteiger partial charge in [0.1, 0.15) is 67.5 Å². The normalized spacial score (nSPS) is 14.9. The molecule has 114 heavy (non-hydrogen) atoms. The van der Waals surface area contributed by atoms with Crippen LogP contribution < -0.4 is 5.90 Å². The van der Waals surface area contributed by atoms with Crippen LogP contribution in [0, 0.1) is 84.1 Å². The molecule has 19 nitrogen and oxygen atoms in total. The highest BCUT2D eigenvalue weighted by molar-refractivity contribution is 14.1. The molecular weight excluding hydrogens is 1990 g/mol. The first-order chi connectivity index (χ1) is 53.8. The summed E-state index contributed by atoms with van der Waals surface area (Å²) in [7, 11) is 0. The molecule has 8 aromatic carbocycles. The fourth-order valence-electron chi connectivity index (χ4n) is 10.5. The van der Waals surface area contributed by atoms with E-state index >= 15 is 0 Å². The Kier molecular flexibility index (Phi) is 41.4. The van der Waals surface area contributed by atoms with Crippen molar-refractivity contribution in [2.75, 3.05) is 79.3 Å². The van der Waals surface area contributed by atoms with Crippen LogP contribution in [-0.2, 0) is 63.7 Å². The number of carbonyl (C=O) groups is 4. The molecule has 0 aromatic heterocycles. The molecule has 0 unspecified atom stereocenters. The highest BCUT2D eigenvalue weighted by Gasteiger charge is 2.34. The van der Waals surface area contributed by atoms with Crippen LogP contribution >= 0.6 is 90.4 Å². The maximum Gasteiger partial charge on any atom is 0.336 e. The van der Waals surface area contributed by atoms with E-state index in [1.54, 1.807) is 45.0 Å². The molecule has 2 aliphatic rings. The molecule has 2 heterocycles. The second-order valence-electron chi connectivity index (χ2n) is 25.5. The van der Waals surface area contributed by atoms with Gasteiger partial charge < -0.3 is 68.6 Å². The van der Waals surface area contributed by atoms with E-state index in [1.807, 2.05) is 104 Å². The number of hydrogen-bond donors (Lipinski definition) is 7. The molecule has 0 amide bonds. The number of ketones is 3. The van der Waals surface area contributed by atoms with E-state index in [1.165, 1.54) is 54.6 Å². The van der Waals surface area contributed by atoms with Gasteiger partial charge in [0.25, 0.3) is 0 Å². The van der Waals surface area contributed by atoms with Crippen LogP contribution in [0.15, 0.2) is 121 Å². The van der Waals surface area contributed by atoms with Gasteiger partial charge in [-0.05, 0) is 244 Å². The standard InChI is InChI=1S/C21H20F3IO4.2C18H16F3IO4.C14H8F3IO2.C6H13NO3.C2H6O/c1-21(2)28-10-14(29-21)9-27-11-19(26)15-5-6-17(22)20(24)16(15)7-12-3-4-13(25)8-18(12)23;2*19-15-4-3-13(17(25)9-26-8-12(24)7-23)14(18(15)21)5-10-1-2-11(22)6-16(10)20;15-11-4-3-9(14(19)20)10(13(11)17)5-7-1-2-8(18)6-12(7)16;1-6(2)8-3-5(10-6)4-9-7;1-2-3/h3-6,8,14H,7,9-11H2,1-2H3;2*1-4,6,12,23-24H,5,7-9H2;1-4,6H,5H2,(H,19,20);5H,3-4,7H2,1-2H3;3H,2H2,1H3/t14-;2*12-;;5-;/m011.1./s1. The van der Waals surface area contributed by atoms with Crippen molar-refractivity contribution in [3.05, 3.63) is 272 Å². The maximum absolute atomic E-state index is 14.4. The summed E-state index contributed by atoms with van der Waals surface area (Å²) in [6, 6.07) is 25.0. The van der Waals surface area contributed by atoms with Crippen molar-refractivity contribution < 1.29 is 140 Å². The number of aliphatic hydroxyl groups excluding tert-OH is 5. The summed E-state index contributed by atoms with van der Waals surface area (Å²) in [6.45, 7) is 7.66. The molecule has 8 N–H and O–H groups in total. The summed E-state index contributed by atoms with van der Waals surface area (Å²) in [4.78, 5) is 52.6. The number of hydrogen-bond acceptors (Lipinski definition) is 18. The molecule has 0 aliphatic carbocycles. The number of nitrogens with two attached hydrogens (primary N) is 1. The van der Waals surface area contributed by atoms with Crippen LogP contribution in [0.1, 0.15) is 121 Å². The number of Topliss-reactive ketones (excluding diaryl/α,β-unsaturated/α-hetero) is 3. The predicted octanol–water partition coefficient (Wildman–Crippen LogP) is 14.4. The van der Waals surface area contributed by atoms with Crippen LogP contribution in [0.3, 0.4) is 0 Å². The van der Waals surface area contributed by atoms with E-state index in [0.29, 0.717) is 34.1 Å². The highest BCUT2D eigenvalue weighted by Crippen LogP contribution is 2.30. The van der Waals surface area contributed by atoms with Crippen molar-refractivity contribution in [2.45, 2.75) is 96.3 Å². The molecule has 0 spiro atoms. The first kappa shape index (κ1) is 98.3. The lowest BCUT2D eigenvalue weighted by Crippen LogP contribution is -2.25. The number of benzene rings is 8. The third-order valence-corrected chi connectivity index (χ3v) is 18.6. The molecule has 4 atom stereocenters. The molecule has 35 heteroatoms. The number of aliphatic hydroxyl groups is 5. The summed E-state index contributed by atoms with van der Waals surface area (Å²) in [5.74, 6) is -11.2. The second kappa shape index (κ2) is 48.0. The Bertz CT molecular complexity index is 4440. The summed E-state index contributed by atoms with van der Waals surface area (Å²) in [5.41, 5.74) is -1.21. The van der Waals surface area contributed by atoms with E-state index in [4.69, 9.17) is 59.5 Å². The Morgan fingerprint density at radius 1 is 0.430 bits per heavy atom. The van der Waals surface area contributed by atoms with Crippen LogP contribution in [0.2, 0.25) is 0 Å². The minimum atomic E-state index is -1.38. The monoisotopic (exact) mass is 2070 g/mol. The first-order valence-electron chi connectivity index (χ1n) is 34.1.